The summed E-state index contributed by atoms with van der Waals surface area (Å²) >= 11 is 0. The van der Waals surface area contributed by atoms with Crippen molar-refractivity contribution in [3.05, 3.63) is 86.1 Å². The Morgan fingerprint density at radius 1 is 1.11 bits per heavy atom. The highest BCUT2D eigenvalue weighted by Crippen LogP contribution is 2.38. The largest absolute Gasteiger partial charge is 0.494 e. The van der Waals surface area contributed by atoms with Crippen molar-refractivity contribution in [1.82, 2.24) is 14.6 Å². The van der Waals surface area contributed by atoms with Crippen LogP contribution in [0.2, 0.25) is 0 Å². The number of aromatic nitrogens is 2. The van der Waals surface area contributed by atoms with Gasteiger partial charge in [-0.2, -0.15) is 5.10 Å². The van der Waals surface area contributed by atoms with Crippen LogP contribution in [0.3, 0.4) is 0 Å². The first-order valence-corrected chi connectivity index (χ1v) is 11.6. The summed E-state index contributed by atoms with van der Waals surface area (Å²) in [5.74, 6) is 0.296. The molecule has 2 heterocycles. The number of nitrogens with zero attached hydrogens (tertiary/aromatic N) is 3. The van der Waals surface area contributed by atoms with Crippen LogP contribution >= 0.6 is 0 Å². The Hall–Kier alpha value is -4.34. The summed E-state index contributed by atoms with van der Waals surface area (Å²) in [5, 5.41) is 16.7. The second kappa shape index (κ2) is 10.5. The van der Waals surface area contributed by atoms with Crippen LogP contribution in [0.25, 0.3) is 0 Å². The molecule has 1 amide bonds. The fourth-order valence-electron chi connectivity index (χ4n) is 4.29. The molecular formula is C26H28N4O6. The molecule has 0 bridgehead atoms. The van der Waals surface area contributed by atoms with Gasteiger partial charge in [0, 0.05) is 19.4 Å². The molecule has 0 saturated carbocycles. The summed E-state index contributed by atoms with van der Waals surface area (Å²) in [5.41, 5.74) is 0.311. The maximum atomic E-state index is 12.8. The predicted molar refractivity (Wildman–Crippen MR) is 134 cm³/mol. The van der Waals surface area contributed by atoms with Crippen molar-refractivity contribution in [2.24, 2.45) is 5.10 Å². The van der Waals surface area contributed by atoms with Gasteiger partial charge < -0.3 is 14.6 Å². The summed E-state index contributed by atoms with van der Waals surface area (Å²) in [6.07, 6.45) is 0.829. The van der Waals surface area contributed by atoms with Crippen LogP contribution in [-0.2, 0) is 17.8 Å². The molecular weight excluding hydrogens is 464 g/mol. The molecule has 0 fully saturated rings. The summed E-state index contributed by atoms with van der Waals surface area (Å²) in [6, 6.07) is 14.2. The highest BCUT2D eigenvalue weighted by molar-refractivity contribution is 6.04. The van der Waals surface area contributed by atoms with Gasteiger partial charge in [-0.15, -0.1) is 0 Å². The number of amides is 1. The van der Waals surface area contributed by atoms with E-state index in [2.05, 4.69) is 10.1 Å². The third kappa shape index (κ3) is 4.74. The lowest BCUT2D eigenvalue weighted by Crippen LogP contribution is -2.34. The molecule has 10 nitrogen and oxygen atoms in total. The first-order chi connectivity index (χ1) is 17.4. The highest BCUT2D eigenvalue weighted by Gasteiger charge is 2.35. The fraction of sp³-hybridized carbons (Fsp3) is 0.308. The zero-order chi connectivity index (χ0) is 25.8. The van der Waals surface area contributed by atoms with Gasteiger partial charge >= 0.3 is 5.69 Å². The van der Waals surface area contributed by atoms with Crippen molar-refractivity contribution in [3.63, 3.8) is 0 Å². The second-order valence-corrected chi connectivity index (χ2v) is 8.32. The Morgan fingerprint density at radius 2 is 1.83 bits per heavy atom. The maximum absolute atomic E-state index is 12.8. The molecule has 3 aromatic rings. The standard InChI is InChI=1S/C26H28N4O6/c1-4-22(31)30-19(17-10-11-20(35-2)21(14-17)36-3)15-18(28-30)23-24(32)27-26(34)29(25(23)33)13-12-16-8-6-5-7-9-16/h5-11,14,19,33H,4,12-13,15H2,1-3H3,(H,27,32,34)/t19-/m1/s1. The quantitative estimate of drug-likeness (QED) is 0.498. The Morgan fingerprint density at radius 3 is 2.50 bits per heavy atom. The van der Waals surface area contributed by atoms with E-state index in [1.807, 2.05) is 30.3 Å². The minimum absolute atomic E-state index is 0.125. The molecule has 0 radical (unpaired) electrons. The molecule has 1 aliphatic rings. The van der Waals surface area contributed by atoms with Gasteiger partial charge in [-0.1, -0.05) is 43.3 Å². The van der Waals surface area contributed by atoms with E-state index in [-0.39, 0.29) is 36.6 Å². The lowest BCUT2D eigenvalue weighted by Gasteiger charge is -2.22. The van der Waals surface area contributed by atoms with Crippen molar-refractivity contribution in [2.45, 2.75) is 38.8 Å². The minimum atomic E-state index is -0.760. The topological polar surface area (TPSA) is 126 Å². The van der Waals surface area contributed by atoms with E-state index >= 15 is 0 Å². The van der Waals surface area contributed by atoms with Gasteiger partial charge in [0.1, 0.15) is 5.56 Å². The lowest BCUT2D eigenvalue weighted by molar-refractivity contribution is -0.132. The predicted octanol–water partition coefficient (Wildman–Crippen LogP) is 2.59. The van der Waals surface area contributed by atoms with Crippen LogP contribution in [0.15, 0.2) is 63.2 Å². The number of hydrazone groups is 1. The van der Waals surface area contributed by atoms with Crippen molar-refractivity contribution >= 4 is 11.6 Å². The number of methoxy groups -OCH3 is 2. The zero-order valence-corrected chi connectivity index (χ0v) is 20.4. The average molecular weight is 493 g/mol. The summed E-state index contributed by atoms with van der Waals surface area (Å²) < 4.78 is 11.8. The number of ether oxygens (including phenoxy) is 2. The number of carbonyl (C=O) groups is 1. The Bertz CT molecular complexity index is 1410. The number of H-pyrrole nitrogens is 1. The molecule has 2 aromatic carbocycles. The van der Waals surface area contributed by atoms with E-state index < -0.39 is 23.2 Å². The molecule has 188 valence electrons. The van der Waals surface area contributed by atoms with Gasteiger partial charge in [-0.25, -0.2) is 9.80 Å². The van der Waals surface area contributed by atoms with E-state index in [4.69, 9.17) is 9.47 Å². The van der Waals surface area contributed by atoms with Crippen LogP contribution in [0.1, 0.15) is 42.5 Å². The van der Waals surface area contributed by atoms with Crippen LogP contribution in [0.4, 0.5) is 0 Å². The van der Waals surface area contributed by atoms with E-state index in [9.17, 15) is 19.5 Å². The SMILES string of the molecule is CCC(=O)N1N=C(c2c(O)n(CCc3ccccc3)c(=O)[nH]c2=O)C[C@@H]1c1ccc(OC)c(OC)c1. The van der Waals surface area contributed by atoms with Crippen molar-refractivity contribution in [1.29, 1.82) is 0 Å². The van der Waals surface area contributed by atoms with Crippen LogP contribution < -0.4 is 20.7 Å². The molecule has 4 rings (SSSR count). The number of rotatable bonds is 8. The molecule has 0 saturated heterocycles. The van der Waals surface area contributed by atoms with Gasteiger partial charge in [0.05, 0.1) is 26.0 Å². The molecule has 2 N–H and O–H groups in total. The molecule has 1 atom stereocenters. The van der Waals surface area contributed by atoms with E-state index in [1.54, 1.807) is 25.1 Å². The van der Waals surface area contributed by atoms with Crippen LogP contribution in [0.5, 0.6) is 17.4 Å². The third-order valence-corrected chi connectivity index (χ3v) is 6.19. The van der Waals surface area contributed by atoms with E-state index in [0.29, 0.717) is 17.9 Å². The van der Waals surface area contributed by atoms with Gasteiger partial charge in [-0.05, 0) is 29.7 Å². The highest BCUT2D eigenvalue weighted by atomic mass is 16.5. The molecule has 0 aliphatic carbocycles. The van der Waals surface area contributed by atoms with Crippen molar-refractivity contribution in [3.8, 4) is 17.4 Å². The van der Waals surface area contributed by atoms with Crippen molar-refractivity contribution in [2.75, 3.05) is 14.2 Å². The van der Waals surface area contributed by atoms with Crippen LogP contribution in [-0.4, -0.2) is 45.5 Å². The molecule has 36 heavy (non-hydrogen) atoms. The third-order valence-electron chi connectivity index (χ3n) is 6.19. The first kappa shape index (κ1) is 24.8. The number of aryl methyl sites for hydroxylation is 1. The Labute approximate surface area is 207 Å². The summed E-state index contributed by atoms with van der Waals surface area (Å²) in [4.78, 5) is 40.3. The Kier molecular flexibility index (Phi) is 7.23. The first-order valence-electron chi connectivity index (χ1n) is 11.6. The summed E-state index contributed by atoms with van der Waals surface area (Å²) in [7, 11) is 3.05. The van der Waals surface area contributed by atoms with E-state index in [0.717, 1.165) is 15.7 Å². The maximum Gasteiger partial charge on any atom is 0.331 e. The normalized spacial score (nSPS) is 15.0. The average Bonchev–Trinajstić information content (AvgIpc) is 3.32. The number of aromatic hydroxyl groups is 1. The second-order valence-electron chi connectivity index (χ2n) is 8.32. The zero-order valence-electron chi connectivity index (χ0n) is 20.4. The van der Waals surface area contributed by atoms with Gasteiger partial charge in [0.2, 0.25) is 11.8 Å². The molecule has 1 aromatic heterocycles. The van der Waals surface area contributed by atoms with Gasteiger partial charge in [0.15, 0.2) is 11.5 Å². The lowest BCUT2D eigenvalue weighted by atomic mass is 9.98. The Balaban J connectivity index is 1.72. The minimum Gasteiger partial charge on any atom is -0.494 e. The molecule has 10 heteroatoms. The number of benzene rings is 2. The van der Waals surface area contributed by atoms with Crippen molar-refractivity contribution < 1.29 is 19.4 Å². The smallest absolute Gasteiger partial charge is 0.331 e. The number of hydrogen-bond donors (Lipinski definition) is 2. The molecule has 1 aliphatic heterocycles. The monoisotopic (exact) mass is 492 g/mol. The fourth-order valence-corrected chi connectivity index (χ4v) is 4.29. The molecule has 0 unspecified atom stereocenters. The van der Waals surface area contributed by atoms with Gasteiger partial charge in [-0.3, -0.25) is 19.1 Å². The number of aromatic amines is 1. The van der Waals surface area contributed by atoms with Crippen LogP contribution in [0, 0.1) is 0 Å². The van der Waals surface area contributed by atoms with Gasteiger partial charge in [0.25, 0.3) is 5.56 Å². The number of carbonyl (C=O) groups excluding carboxylic acids is 1. The number of hydrogen-bond acceptors (Lipinski definition) is 7. The molecule has 0 spiro atoms. The summed E-state index contributed by atoms with van der Waals surface area (Å²) in [6.45, 7) is 1.87. The van der Waals surface area contributed by atoms with E-state index in [1.165, 1.54) is 19.2 Å². The number of nitrogens with one attached hydrogen (secondary N) is 1.